The van der Waals surface area contributed by atoms with Crippen molar-refractivity contribution in [3.8, 4) is 11.8 Å². The molecule has 9 heteroatoms. The van der Waals surface area contributed by atoms with Crippen molar-refractivity contribution in [2.75, 3.05) is 36.5 Å². The Morgan fingerprint density at radius 1 is 1.17 bits per heavy atom. The number of aromatic nitrogens is 4. The predicted octanol–water partition coefficient (Wildman–Crippen LogP) is 3.80. The molecule has 2 atom stereocenters. The van der Waals surface area contributed by atoms with E-state index in [0.29, 0.717) is 37.1 Å². The van der Waals surface area contributed by atoms with Crippen molar-refractivity contribution in [1.29, 1.82) is 0 Å². The third kappa shape index (κ3) is 5.24. The van der Waals surface area contributed by atoms with Gasteiger partial charge in [-0.1, -0.05) is 11.8 Å². The van der Waals surface area contributed by atoms with Crippen LogP contribution < -0.4 is 16.0 Å². The molecule has 0 radical (unpaired) electrons. The normalized spacial score (nSPS) is 21.2. The quantitative estimate of drug-likeness (QED) is 0.552. The molecule has 2 aliphatic rings. The Balaban J connectivity index is 1.45. The molecule has 3 N–H and O–H groups in total. The zero-order valence-corrected chi connectivity index (χ0v) is 20.2. The highest BCUT2D eigenvalue weighted by Crippen LogP contribution is 2.28. The molecule has 0 amide bonds. The number of nitrogens with two attached hydrogens (primary N) is 1. The van der Waals surface area contributed by atoms with Gasteiger partial charge in [0.15, 0.2) is 5.65 Å². The van der Waals surface area contributed by atoms with Crippen molar-refractivity contribution >= 4 is 28.4 Å². The maximum Gasteiger partial charge on any atom is 0.160 e. The number of anilines is 3. The van der Waals surface area contributed by atoms with Gasteiger partial charge in [-0.3, -0.25) is 0 Å². The lowest BCUT2D eigenvalue weighted by Gasteiger charge is -2.35. The van der Waals surface area contributed by atoms with E-state index < -0.39 is 12.2 Å². The molecule has 3 aromatic rings. The summed E-state index contributed by atoms with van der Waals surface area (Å²) < 4.78 is 21.4. The van der Waals surface area contributed by atoms with Gasteiger partial charge in [0, 0.05) is 55.9 Å². The van der Waals surface area contributed by atoms with Crippen LogP contribution in [0, 0.1) is 17.8 Å². The Hall–Kier alpha value is -3.22. The molecule has 0 saturated carbocycles. The minimum absolute atomic E-state index is 0.205. The number of nitrogens with zero attached hydrogens (tertiary/aromatic N) is 5. The van der Waals surface area contributed by atoms with Crippen LogP contribution >= 0.6 is 0 Å². The molecule has 0 aromatic carbocycles. The third-order valence-electron chi connectivity index (χ3n) is 6.61. The number of nitrogens with one attached hydrogen (secondary N) is 1. The number of rotatable bonds is 4. The fraction of sp³-hybridized carbons (Fsp3) is 0.500. The van der Waals surface area contributed by atoms with Gasteiger partial charge in [0.2, 0.25) is 0 Å². The van der Waals surface area contributed by atoms with Crippen LogP contribution in [0.25, 0.3) is 11.0 Å². The molecule has 184 valence electrons. The van der Waals surface area contributed by atoms with Crippen LogP contribution in [0.15, 0.2) is 30.6 Å². The average molecular weight is 478 g/mol. The van der Waals surface area contributed by atoms with Crippen LogP contribution in [0.2, 0.25) is 0 Å². The van der Waals surface area contributed by atoms with E-state index in [1.54, 1.807) is 6.20 Å². The lowest BCUT2D eigenvalue weighted by molar-refractivity contribution is 0.0807. The number of pyridine rings is 2. The highest BCUT2D eigenvalue weighted by Gasteiger charge is 2.27. The summed E-state index contributed by atoms with van der Waals surface area (Å²) in [4.78, 5) is 11.5. The molecule has 2 fully saturated rings. The first-order valence-corrected chi connectivity index (χ1v) is 12.3. The van der Waals surface area contributed by atoms with E-state index in [1.165, 1.54) is 0 Å². The van der Waals surface area contributed by atoms with Gasteiger partial charge < -0.3 is 20.7 Å². The monoisotopic (exact) mass is 477 g/mol. The topological polar surface area (TPSA) is 94.1 Å². The van der Waals surface area contributed by atoms with E-state index >= 15 is 0 Å². The summed E-state index contributed by atoms with van der Waals surface area (Å²) in [6.45, 7) is 6.68. The highest BCUT2D eigenvalue weighted by atomic mass is 19.1. The summed E-state index contributed by atoms with van der Waals surface area (Å²) in [6, 6.07) is 5.56. The van der Waals surface area contributed by atoms with Crippen LogP contribution in [-0.4, -0.2) is 58.3 Å². The standard InChI is InChI=1S/C26H32FN7O/c1-17(2)34-26-20(15-30-34)5-6-24(32-26)31-25-13-23(33-10-7-21(27)22(28)16-33)19(14-29-25)4-3-18-8-11-35-12-9-18/h5-6,13-15,17-18,21-22H,7-12,16,28H2,1-2H3,(H,29,31,32)/t21-,22-/m1/s1. The molecular weight excluding hydrogens is 445 g/mol. The summed E-state index contributed by atoms with van der Waals surface area (Å²) in [5.41, 5.74) is 8.63. The van der Waals surface area contributed by atoms with E-state index in [9.17, 15) is 4.39 Å². The van der Waals surface area contributed by atoms with Crippen LogP contribution in [0.4, 0.5) is 21.7 Å². The van der Waals surface area contributed by atoms with E-state index in [1.807, 2.05) is 29.1 Å². The first-order valence-electron chi connectivity index (χ1n) is 12.3. The Bertz CT molecular complexity index is 1240. The van der Waals surface area contributed by atoms with Gasteiger partial charge in [-0.15, -0.1) is 0 Å². The molecule has 0 unspecified atom stereocenters. The molecule has 0 aliphatic carbocycles. The summed E-state index contributed by atoms with van der Waals surface area (Å²) >= 11 is 0. The van der Waals surface area contributed by atoms with Gasteiger partial charge in [-0.2, -0.15) is 5.10 Å². The number of ether oxygens (including phenoxy) is 1. The van der Waals surface area contributed by atoms with Gasteiger partial charge in [0.1, 0.15) is 17.8 Å². The number of piperidine rings is 1. The number of alkyl halides is 1. The fourth-order valence-corrected chi connectivity index (χ4v) is 4.57. The van der Waals surface area contributed by atoms with Crippen LogP contribution in [0.3, 0.4) is 0 Å². The summed E-state index contributed by atoms with van der Waals surface area (Å²) in [6.07, 6.45) is 4.91. The molecular formula is C26H32FN7O. The van der Waals surface area contributed by atoms with Gasteiger partial charge in [0.25, 0.3) is 0 Å². The summed E-state index contributed by atoms with van der Waals surface area (Å²) in [5.74, 6) is 8.38. The third-order valence-corrected chi connectivity index (χ3v) is 6.61. The summed E-state index contributed by atoms with van der Waals surface area (Å²) in [7, 11) is 0. The molecule has 0 spiro atoms. The largest absolute Gasteiger partial charge is 0.381 e. The minimum Gasteiger partial charge on any atom is -0.381 e. The van der Waals surface area contributed by atoms with E-state index in [0.717, 1.165) is 48.3 Å². The van der Waals surface area contributed by atoms with Crippen molar-refractivity contribution in [3.05, 3.63) is 36.2 Å². The Morgan fingerprint density at radius 2 is 2.00 bits per heavy atom. The lowest BCUT2D eigenvalue weighted by Crippen LogP contribution is -2.50. The predicted molar refractivity (Wildman–Crippen MR) is 136 cm³/mol. The molecule has 8 nitrogen and oxygen atoms in total. The van der Waals surface area contributed by atoms with Crippen molar-refractivity contribution in [1.82, 2.24) is 19.7 Å². The van der Waals surface area contributed by atoms with E-state index in [2.05, 4.69) is 46.0 Å². The van der Waals surface area contributed by atoms with Crippen molar-refractivity contribution in [2.24, 2.45) is 11.7 Å². The molecule has 2 aliphatic heterocycles. The molecule has 5 heterocycles. The van der Waals surface area contributed by atoms with E-state index in [-0.39, 0.29) is 6.04 Å². The smallest absolute Gasteiger partial charge is 0.160 e. The van der Waals surface area contributed by atoms with Crippen LogP contribution in [0.5, 0.6) is 0 Å². The van der Waals surface area contributed by atoms with Crippen molar-refractivity contribution in [2.45, 2.75) is 51.4 Å². The number of fused-ring (bicyclic) bond motifs is 1. The van der Waals surface area contributed by atoms with Gasteiger partial charge >= 0.3 is 0 Å². The number of hydrogen-bond acceptors (Lipinski definition) is 7. The lowest BCUT2D eigenvalue weighted by atomic mass is 10.00. The Morgan fingerprint density at radius 3 is 2.77 bits per heavy atom. The maximum atomic E-state index is 14.1. The highest BCUT2D eigenvalue weighted by molar-refractivity contribution is 5.77. The van der Waals surface area contributed by atoms with E-state index in [4.69, 9.17) is 15.5 Å². The number of halogens is 1. The van der Waals surface area contributed by atoms with Crippen molar-refractivity contribution in [3.63, 3.8) is 0 Å². The van der Waals surface area contributed by atoms with Crippen LogP contribution in [-0.2, 0) is 4.74 Å². The second-order valence-corrected chi connectivity index (χ2v) is 9.57. The minimum atomic E-state index is -0.982. The Kier molecular flexibility index (Phi) is 6.84. The van der Waals surface area contributed by atoms with Gasteiger partial charge in [-0.25, -0.2) is 19.0 Å². The molecule has 5 rings (SSSR count). The van der Waals surface area contributed by atoms with Gasteiger partial charge in [-0.05, 0) is 45.2 Å². The SMILES string of the molecule is CC(C)n1ncc2ccc(Nc3cc(N4CC[C@@H](F)[C@H](N)C4)c(C#CC4CCOCC4)cn3)nc21. The Labute approximate surface area is 205 Å². The van der Waals surface area contributed by atoms with Gasteiger partial charge in [0.05, 0.1) is 23.5 Å². The molecule has 3 aromatic heterocycles. The second-order valence-electron chi connectivity index (χ2n) is 9.57. The summed E-state index contributed by atoms with van der Waals surface area (Å²) in [5, 5.41) is 8.75. The molecule has 35 heavy (non-hydrogen) atoms. The zero-order valence-electron chi connectivity index (χ0n) is 20.2. The zero-order chi connectivity index (χ0) is 24.4. The first kappa shape index (κ1) is 23.5. The van der Waals surface area contributed by atoms with Crippen LogP contribution in [0.1, 0.15) is 44.7 Å². The second kappa shape index (κ2) is 10.2. The maximum absolute atomic E-state index is 14.1. The molecule has 2 saturated heterocycles. The molecule has 0 bridgehead atoms. The fourth-order valence-electron chi connectivity index (χ4n) is 4.57. The number of hydrogen-bond donors (Lipinski definition) is 2. The first-order chi connectivity index (χ1) is 17.0. The average Bonchev–Trinajstić information content (AvgIpc) is 3.29. The van der Waals surface area contributed by atoms with Crippen molar-refractivity contribution < 1.29 is 9.13 Å².